The largest absolute Gasteiger partial charge is 0.494 e. The van der Waals surface area contributed by atoms with E-state index >= 15 is 0 Å². The summed E-state index contributed by atoms with van der Waals surface area (Å²) in [6.45, 7) is 5.13. The number of nitrogens with one attached hydrogen (secondary N) is 2. The normalized spacial score (nSPS) is 10.7. The lowest BCUT2D eigenvalue weighted by Crippen LogP contribution is -2.20. The highest BCUT2D eigenvalue weighted by atomic mass is 79.9. The summed E-state index contributed by atoms with van der Waals surface area (Å²) in [7, 11) is 0. The average molecular weight is 603 g/mol. The zero-order chi connectivity index (χ0) is 27.3. The third-order valence-corrected chi connectivity index (χ3v) is 5.90. The van der Waals surface area contributed by atoms with Crippen LogP contribution in [0, 0.1) is 0 Å². The van der Waals surface area contributed by atoms with Gasteiger partial charge in [-0.1, -0.05) is 23.7 Å². The topological polar surface area (TPSA) is 98.2 Å². The minimum atomic E-state index is -0.380. The van der Waals surface area contributed by atoms with Gasteiger partial charge in [0, 0.05) is 23.6 Å². The van der Waals surface area contributed by atoms with Crippen molar-refractivity contribution < 1.29 is 23.8 Å². The van der Waals surface area contributed by atoms with Crippen LogP contribution in [0.3, 0.4) is 0 Å². The molecule has 38 heavy (non-hydrogen) atoms. The molecule has 2 N–H and O–H groups in total. The molecule has 0 saturated carbocycles. The number of hydrogen-bond acceptors (Lipinski definition) is 6. The van der Waals surface area contributed by atoms with E-state index in [0.29, 0.717) is 52.1 Å². The van der Waals surface area contributed by atoms with Crippen molar-refractivity contribution in [1.29, 1.82) is 0 Å². The Kier molecular flexibility index (Phi) is 11.4. The molecular formula is C28H29BrClN3O5. The van der Waals surface area contributed by atoms with E-state index in [9.17, 15) is 9.59 Å². The molecule has 8 nitrogen and oxygen atoms in total. The highest BCUT2D eigenvalue weighted by Crippen LogP contribution is 2.37. The molecule has 0 heterocycles. The van der Waals surface area contributed by atoms with Crippen LogP contribution in [0.15, 0.2) is 70.2 Å². The molecular weight excluding hydrogens is 574 g/mol. The van der Waals surface area contributed by atoms with Crippen molar-refractivity contribution in [2.45, 2.75) is 33.3 Å². The number of hydrazone groups is 1. The maximum absolute atomic E-state index is 12.2. The van der Waals surface area contributed by atoms with E-state index in [2.05, 4.69) is 31.8 Å². The molecule has 2 amide bonds. The number of anilines is 1. The van der Waals surface area contributed by atoms with E-state index in [4.69, 9.17) is 25.8 Å². The summed E-state index contributed by atoms with van der Waals surface area (Å²) < 4.78 is 17.8. The fourth-order valence-corrected chi connectivity index (χ4v) is 3.99. The molecule has 0 aliphatic rings. The van der Waals surface area contributed by atoms with Gasteiger partial charge in [-0.15, -0.1) is 0 Å². The number of carbonyl (C=O) groups is 2. The predicted molar refractivity (Wildman–Crippen MR) is 152 cm³/mol. The van der Waals surface area contributed by atoms with Crippen LogP contribution in [-0.2, 0) is 16.2 Å². The van der Waals surface area contributed by atoms with Gasteiger partial charge in [-0.25, -0.2) is 5.43 Å². The van der Waals surface area contributed by atoms with Crippen LogP contribution in [0.25, 0.3) is 0 Å². The molecule has 0 fully saturated rings. The van der Waals surface area contributed by atoms with Gasteiger partial charge in [0.15, 0.2) is 11.5 Å². The van der Waals surface area contributed by atoms with Crippen molar-refractivity contribution in [3.63, 3.8) is 0 Å². The lowest BCUT2D eigenvalue weighted by Gasteiger charge is -2.14. The van der Waals surface area contributed by atoms with Crippen LogP contribution >= 0.6 is 27.5 Å². The van der Waals surface area contributed by atoms with E-state index in [0.717, 1.165) is 11.3 Å². The van der Waals surface area contributed by atoms with Crippen molar-refractivity contribution in [1.82, 2.24) is 5.43 Å². The highest BCUT2D eigenvalue weighted by Gasteiger charge is 2.13. The molecule has 200 valence electrons. The number of hydrogen-bond donors (Lipinski definition) is 2. The molecule has 0 aromatic heterocycles. The van der Waals surface area contributed by atoms with Gasteiger partial charge in [0.1, 0.15) is 12.4 Å². The Morgan fingerprint density at radius 3 is 2.29 bits per heavy atom. The maximum Gasteiger partial charge on any atom is 0.240 e. The number of ether oxygens (including phenoxy) is 3. The van der Waals surface area contributed by atoms with Crippen molar-refractivity contribution in [2.75, 3.05) is 18.5 Å². The molecule has 0 radical (unpaired) electrons. The number of carbonyl (C=O) groups excluding carboxylic acids is 2. The second kappa shape index (κ2) is 15.0. The van der Waals surface area contributed by atoms with Gasteiger partial charge in [-0.2, -0.15) is 5.10 Å². The molecule has 10 heteroatoms. The van der Waals surface area contributed by atoms with E-state index < -0.39 is 0 Å². The molecule has 0 aliphatic carbocycles. The first kappa shape index (κ1) is 29.0. The zero-order valence-corrected chi connectivity index (χ0v) is 23.5. The Hall–Kier alpha value is -3.56. The minimum Gasteiger partial charge on any atom is -0.494 e. The summed E-state index contributed by atoms with van der Waals surface area (Å²) in [4.78, 5) is 24.3. The Morgan fingerprint density at radius 1 is 0.921 bits per heavy atom. The van der Waals surface area contributed by atoms with E-state index in [-0.39, 0.29) is 24.7 Å². The predicted octanol–water partition coefficient (Wildman–Crippen LogP) is 6.35. The van der Waals surface area contributed by atoms with Gasteiger partial charge < -0.3 is 19.5 Å². The summed E-state index contributed by atoms with van der Waals surface area (Å²) in [5, 5.41) is 7.42. The molecule has 0 spiro atoms. The molecule has 0 saturated heterocycles. The SMILES string of the molecule is CCOc1ccc(NC(=O)CCC(=O)NN=Cc2cc(Br)c(OCc3ccc(Cl)cc3)c(OCC)c2)cc1. The minimum absolute atomic E-state index is 0.00836. The third kappa shape index (κ3) is 9.39. The molecule has 3 aromatic carbocycles. The first-order chi connectivity index (χ1) is 18.4. The van der Waals surface area contributed by atoms with E-state index in [1.165, 1.54) is 6.21 Å². The molecule has 0 unspecified atom stereocenters. The number of benzene rings is 3. The molecule has 0 bridgehead atoms. The van der Waals surface area contributed by atoms with Gasteiger partial charge >= 0.3 is 0 Å². The quantitative estimate of drug-likeness (QED) is 0.176. The second-order valence-corrected chi connectivity index (χ2v) is 9.27. The fourth-order valence-electron chi connectivity index (χ4n) is 3.29. The Labute approximate surface area is 235 Å². The summed E-state index contributed by atoms with van der Waals surface area (Å²) in [6.07, 6.45) is 1.51. The number of rotatable bonds is 13. The monoisotopic (exact) mass is 601 g/mol. The Morgan fingerprint density at radius 2 is 1.61 bits per heavy atom. The van der Waals surface area contributed by atoms with Gasteiger partial charge in [0.05, 0.1) is 23.9 Å². The highest BCUT2D eigenvalue weighted by molar-refractivity contribution is 9.10. The summed E-state index contributed by atoms with van der Waals surface area (Å²) in [6, 6.07) is 18.0. The smallest absolute Gasteiger partial charge is 0.240 e. The second-order valence-electron chi connectivity index (χ2n) is 7.98. The van der Waals surface area contributed by atoms with E-state index in [1.54, 1.807) is 48.5 Å². The Bertz CT molecular complexity index is 1250. The number of nitrogens with zero attached hydrogens (tertiary/aromatic N) is 1. The summed E-state index contributed by atoms with van der Waals surface area (Å²) >= 11 is 9.47. The van der Waals surface area contributed by atoms with Crippen molar-refractivity contribution in [3.05, 3.63) is 81.3 Å². The van der Waals surface area contributed by atoms with Crippen molar-refractivity contribution >= 4 is 51.2 Å². The Balaban J connectivity index is 1.51. The van der Waals surface area contributed by atoms with Crippen LogP contribution < -0.4 is 25.0 Å². The number of halogens is 2. The molecule has 0 atom stereocenters. The fraction of sp³-hybridized carbons (Fsp3) is 0.250. The van der Waals surface area contributed by atoms with Crippen molar-refractivity contribution in [3.8, 4) is 17.2 Å². The van der Waals surface area contributed by atoms with Gasteiger partial charge in [0.25, 0.3) is 0 Å². The average Bonchev–Trinajstić information content (AvgIpc) is 2.89. The molecule has 3 rings (SSSR count). The van der Waals surface area contributed by atoms with Crippen molar-refractivity contribution in [2.24, 2.45) is 5.10 Å². The van der Waals surface area contributed by atoms with Crippen LogP contribution in [-0.4, -0.2) is 31.2 Å². The number of amides is 2. The molecule has 0 aliphatic heterocycles. The van der Waals surface area contributed by atoms with Gasteiger partial charge in [-0.05, 0) is 89.4 Å². The van der Waals surface area contributed by atoms with Crippen LogP contribution in [0.1, 0.15) is 37.8 Å². The lowest BCUT2D eigenvalue weighted by atomic mass is 10.2. The lowest BCUT2D eigenvalue weighted by molar-refractivity contribution is -0.124. The maximum atomic E-state index is 12.2. The third-order valence-electron chi connectivity index (χ3n) is 5.06. The van der Waals surface area contributed by atoms with Crippen LogP contribution in [0.2, 0.25) is 5.02 Å². The first-order valence-electron chi connectivity index (χ1n) is 12.1. The molecule has 3 aromatic rings. The van der Waals surface area contributed by atoms with Gasteiger partial charge in [-0.3, -0.25) is 9.59 Å². The summed E-state index contributed by atoms with van der Waals surface area (Å²) in [5.41, 5.74) is 4.73. The summed E-state index contributed by atoms with van der Waals surface area (Å²) in [5.74, 6) is 1.17. The zero-order valence-electron chi connectivity index (χ0n) is 21.1. The first-order valence-corrected chi connectivity index (χ1v) is 13.2. The van der Waals surface area contributed by atoms with E-state index in [1.807, 2.05) is 26.0 Å². The standard InChI is InChI=1S/C28H29BrClN3O5/c1-3-36-23-11-9-22(10-12-23)32-26(34)13-14-27(35)33-31-17-20-15-24(29)28(25(16-20)37-4-2)38-18-19-5-7-21(30)8-6-19/h5-12,15-17H,3-4,13-14,18H2,1-2H3,(H,32,34)(H,33,35). The van der Waals surface area contributed by atoms with Crippen LogP contribution in [0.4, 0.5) is 5.69 Å². The van der Waals surface area contributed by atoms with Gasteiger partial charge in [0.2, 0.25) is 11.8 Å². The van der Waals surface area contributed by atoms with Crippen LogP contribution in [0.5, 0.6) is 17.2 Å².